The van der Waals surface area contributed by atoms with Gasteiger partial charge in [0.2, 0.25) is 12.7 Å². The van der Waals surface area contributed by atoms with Gasteiger partial charge < -0.3 is 14.4 Å². The molecule has 0 bridgehead atoms. The maximum atomic E-state index is 12.2. The van der Waals surface area contributed by atoms with Gasteiger partial charge in [-0.1, -0.05) is 6.07 Å². The van der Waals surface area contributed by atoms with Gasteiger partial charge in [0, 0.05) is 18.2 Å². The van der Waals surface area contributed by atoms with E-state index in [1.165, 1.54) is 0 Å². The van der Waals surface area contributed by atoms with Crippen LogP contribution in [-0.2, 0) is 4.79 Å². The molecule has 0 aromatic heterocycles. The quantitative estimate of drug-likeness (QED) is 0.793. The summed E-state index contributed by atoms with van der Waals surface area (Å²) in [5.74, 6) is 1.50. The van der Waals surface area contributed by atoms with Gasteiger partial charge in [0.15, 0.2) is 11.5 Å². The molecule has 0 N–H and O–H groups in total. The van der Waals surface area contributed by atoms with Crippen LogP contribution in [0.2, 0.25) is 0 Å². The van der Waals surface area contributed by atoms with Crippen LogP contribution in [0.1, 0.15) is 33.3 Å². The number of carbonyl (C=O) groups is 1. The third-order valence-corrected chi connectivity index (χ3v) is 3.18. The Balaban J connectivity index is 2.10. The Hall–Kier alpha value is -1.97. The summed E-state index contributed by atoms with van der Waals surface area (Å²) in [5.41, 5.74) is 0.926. The highest BCUT2D eigenvalue weighted by Crippen LogP contribution is 2.32. The number of benzene rings is 1. The van der Waals surface area contributed by atoms with Crippen molar-refractivity contribution in [3.8, 4) is 11.5 Å². The molecule has 0 aliphatic carbocycles. The minimum atomic E-state index is 0.0210. The lowest BCUT2D eigenvalue weighted by Crippen LogP contribution is -2.41. The zero-order valence-electron chi connectivity index (χ0n) is 12.4. The van der Waals surface area contributed by atoms with Crippen LogP contribution < -0.4 is 9.47 Å². The summed E-state index contributed by atoms with van der Waals surface area (Å²) in [6, 6.07) is 6.01. The predicted octanol–water partition coefficient (Wildman–Crippen LogP) is 3.07. The molecular formula is C16H21NO3. The van der Waals surface area contributed by atoms with Gasteiger partial charge in [0.05, 0.1) is 0 Å². The van der Waals surface area contributed by atoms with Crippen LogP contribution in [0, 0.1) is 0 Å². The number of hydrogen-bond acceptors (Lipinski definition) is 3. The molecule has 0 fully saturated rings. The predicted molar refractivity (Wildman–Crippen MR) is 78.7 cm³/mol. The van der Waals surface area contributed by atoms with Gasteiger partial charge in [-0.25, -0.2) is 0 Å². The van der Waals surface area contributed by atoms with Crippen molar-refractivity contribution in [3.63, 3.8) is 0 Å². The second kappa shape index (κ2) is 5.99. The molecule has 0 spiro atoms. The average molecular weight is 275 g/mol. The fourth-order valence-electron chi connectivity index (χ4n) is 2.38. The minimum absolute atomic E-state index is 0.0210. The molecule has 1 aliphatic rings. The fourth-order valence-corrected chi connectivity index (χ4v) is 2.38. The normalized spacial score (nSPS) is 13.5. The second-order valence-corrected chi connectivity index (χ2v) is 5.38. The monoisotopic (exact) mass is 275 g/mol. The van der Waals surface area contributed by atoms with Gasteiger partial charge in [-0.05, 0) is 51.5 Å². The molecule has 0 unspecified atom stereocenters. The Morgan fingerprint density at radius 1 is 1.15 bits per heavy atom. The third-order valence-electron chi connectivity index (χ3n) is 3.18. The van der Waals surface area contributed by atoms with E-state index >= 15 is 0 Å². The molecule has 1 aromatic carbocycles. The zero-order valence-corrected chi connectivity index (χ0v) is 12.4. The van der Waals surface area contributed by atoms with E-state index in [0.717, 1.165) is 17.1 Å². The highest BCUT2D eigenvalue weighted by Gasteiger charge is 2.17. The second-order valence-electron chi connectivity index (χ2n) is 5.38. The average Bonchev–Trinajstić information content (AvgIpc) is 2.82. The van der Waals surface area contributed by atoms with E-state index in [-0.39, 0.29) is 24.8 Å². The van der Waals surface area contributed by atoms with Crippen molar-refractivity contribution in [1.29, 1.82) is 0 Å². The number of hydrogen-bond donors (Lipinski definition) is 0. The summed E-state index contributed by atoms with van der Waals surface area (Å²) in [5, 5.41) is 0. The zero-order chi connectivity index (χ0) is 14.7. The Bertz CT molecular complexity index is 512. The molecule has 1 aromatic rings. The summed E-state index contributed by atoms with van der Waals surface area (Å²) < 4.78 is 10.6. The van der Waals surface area contributed by atoms with Crippen LogP contribution in [0.3, 0.4) is 0 Å². The SMILES string of the molecule is CC(C)N(C(=O)/C=C/c1ccc2c(c1)OCO2)C(C)C. The Morgan fingerprint density at radius 2 is 1.80 bits per heavy atom. The van der Waals surface area contributed by atoms with Crippen LogP contribution in [0.4, 0.5) is 0 Å². The Labute approximate surface area is 120 Å². The van der Waals surface area contributed by atoms with Crippen molar-refractivity contribution in [2.75, 3.05) is 6.79 Å². The van der Waals surface area contributed by atoms with E-state index in [1.807, 2.05) is 56.9 Å². The maximum Gasteiger partial charge on any atom is 0.247 e. The van der Waals surface area contributed by atoms with Crippen molar-refractivity contribution in [2.45, 2.75) is 39.8 Å². The lowest BCUT2D eigenvalue weighted by Gasteiger charge is -2.29. The fraction of sp³-hybridized carbons (Fsp3) is 0.438. The number of carbonyl (C=O) groups excluding carboxylic acids is 1. The number of ether oxygens (including phenoxy) is 2. The molecular weight excluding hydrogens is 254 g/mol. The van der Waals surface area contributed by atoms with Gasteiger partial charge >= 0.3 is 0 Å². The Kier molecular flexibility index (Phi) is 4.32. The molecule has 4 nitrogen and oxygen atoms in total. The molecule has 20 heavy (non-hydrogen) atoms. The number of amides is 1. The van der Waals surface area contributed by atoms with E-state index in [2.05, 4.69) is 0 Å². The van der Waals surface area contributed by atoms with E-state index in [0.29, 0.717) is 0 Å². The largest absolute Gasteiger partial charge is 0.454 e. The molecule has 4 heteroatoms. The lowest BCUT2D eigenvalue weighted by atomic mass is 10.1. The number of nitrogens with zero attached hydrogens (tertiary/aromatic N) is 1. The standard InChI is InChI=1S/C16H21NO3/c1-11(2)17(12(3)4)16(18)8-6-13-5-7-14-15(9-13)20-10-19-14/h5-9,11-12H,10H2,1-4H3/b8-6+. The van der Waals surface area contributed by atoms with Crippen molar-refractivity contribution in [3.05, 3.63) is 29.8 Å². The van der Waals surface area contributed by atoms with Gasteiger partial charge in [-0.2, -0.15) is 0 Å². The van der Waals surface area contributed by atoms with E-state index in [1.54, 1.807) is 6.08 Å². The molecule has 1 amide bonds. The number of rotatable bonds is 4. The van der Waals surface area contributed by atoms with Crippen molar-refractivity contribution < 1.29 is 14.3 Å². The van der Waals surface area contributed by atoms with E-state index in [4.69, 9.17) is 9.47 Å². The van der Waals surface area contributed by atoms with Crippen molar-refractivity contribution in [2.24, 2.45) is 0 Å². The van der Waals surface area contributed by atoms with E-state index < -0.39 is 0 Å². The highest BCUT2D eigenvalue weighted by molar-refractivity contribution is 5.92. The van der Waals surface area contributed by atoms with Crippen LogP contribution >= 0.6 is 0 Å². The van der Waals surface area contributed by atoms with Crippen LogP contribution in [0.5, 0.6) is 11.5 Å². The first-order chi connectivity index (χ1) is 9.49. The van der Waals surface area contributed by atoms with Crippen molar-refractivity contribution in [1.82, 2.24) is 4.90 Å². The topological polar surface area (TPSA) is 38.8 Å². The summed E-state index contributed by atoms with van der Waals surface area (Å²) in [6.45, 7) is 8.34. The lowest BCUT2D eigenvalue weighted by molar-refractivity contribution is -0.129. The first-order valence-corrected chi connectivity index (χ1v) is 6.89. The van der Waals surface area contributed by atoms with E-state index in [9.17, 15) is 4.79 Å². The molecule has 0 atom stereocenters. The van der Waals surface area contributed by atoms with Gasteiger partial charge in [0.25, 0.3) is 0 Å². The van der Waals surface area contributed by atoms with Crippen molar-refractivity contribution >= 4 is 12.0 Å². The Morgan fingerprint density at radius 3 is 2.45 bits per heavy atom. The first-order valence-electron chi connectivity index (χ1n) is 6.89. The molecule has 1 heterocycles. The molecule has 2 rings (SSSR count). The minimum Gasteiger partial charge on any atom is -0.454 e. The summed E-state index contributed by atoms with van der Waals surface area (Å²) in [4.78, 5) is 14.1. The van der Waals surface area contributed by atoms with Gasteiger partial charge in [0.1, 0.15) is 0 Å². The number of fused-ring (bicyclic) bond motifs is 1. The van der Waals surface area contributed by atoms with Crippen LogP contribution in [-0.4, -0.2) is 29.7 Å². The molecule has 0 saturated heterocycles. The maximum absolute atomic E-state index is 12.2. The van der Waals surface area contributed by atoms with Gasteiger partial charge in [-0.3, -0.25) is 4.79 Å². The van der Waals surface area contributed by atoms with Crippen LogP contribution in [0.25, 0.3) is 6.08 Å². The van der Waals surface area contributed by atoms with Crippen LogP contribution in [0.15, 0.2) is 24.3 Å². The molecule has 0 saturated carbocycles. The first kappa shape index (κ1) is 14.4. The smallest absolute Gasteiger partial charge is 0.247 e. The third kappa shape index (κ3) is 3.13. The summed E-state index contributed by atoms with van der Waals surface area (Å²) in [7, 11) is 0. The molecule has 1 aliphatic heterocycles. The summed E-state index contributed by atoms with van der Waals surface area (Å²) >= 11 is 0. The molecule has 0 radical (unpaired) electrons. The highest BCUT2D eigenvalue weighted by atomic mass is 16.7. The van der Waals surface area contributed by atoms with Gasteiger partial charge in [-0.15, -0.1) is 0 Å². The summed E-state index contributed by atoms with van der Waals surface area (Å²) in [6.07, 6.45) is 3.42. The molecule has 108 valence electrons.